The largest absolute Gasteiger partial charge is 0.444 e. The highest BCUT2D eigenvalue weighted by atomic mass is 32.1. The third kappa shape index (κ3) is 3.45. The molecule has 0 aromatic carbocycles. The minimum absolute atomic E-state index is 0.0567. The molecule has 1 aliphatic rings. The van der Waals surface area contributed by atoms with E-state index in [2.05, 4.69) is 4.98 Å². The molecule has 1 N–H and O–H groups in total. The summed E-state index contributed by atoms with van der Waals surface area (Å²) in [6.45, 7) is 8.24. The van der Waals surface area contributed by atoms with Gasteiger partial charge in [0.2, 0.25) is 0 Å². The predicted octanol–water partition coefficient (Wildman–Crippen LogP) is 2.15. The first kappa shape index (κ1) is 14.3. The van der Waals surface area contributed by atoms with Crippen LogP contribution >= 0.6 is 11.3 Å². The van der Waals surface area contributed by atoms with Crippen LogP contribution in [-0.2, 0) is 4.74 Å². The van der Waals surface area contributed by atoms with E-state index < -0.39 is 11.7 Å². The van der Waals surface area contributed by atoms with E-state index in [0.29, 0.717) is 13.1 Å². The molecular weight excluding hydrogens is 264 g/mol. The molecule has 0 spiro atoms. The van der Waals surface area contributed by atoms with Crippen molar-refractivity contribution in [3.8, 4) is 0 Å². The third-order valence-electron chi connectivity index (χ3n) is 2.95. The van der Waals surface area contributed by atoms with Gasteiger partial charge in [0.25, 0.3) is 0 Å². The topological polar surface area (TPSA) is 62.7 Å². The Kier molecular flexibility index (Phi) is 3.82. The maximum atomic E-state index is 12.0. The SMILES string of the molecule is Cc1ncc(C2CN(C(=O)OC(C)(C)C)CC2O)s1. The van der Waals surface area contributed by atoms with Crippen molar-refractivity contribution in [3.05, 3.63) is 16.1 Å². The zero-order valence-electron chi connectivity index (χ0n) is 11.7. The van der Waals surface area contributed by atoms with Crippen LogP contribution in [0.5, 0.6) is 0 Å². The van der Waals surface area contributed by atoms with E-state index in [1.165, 1.54) is 0 Å². The van der Waals surface area contributed by atoms with Crippen molar-refractivity contribution in [3.63, 3.8) is 0 Å². The molecular formula is C13H20N2O3S. The normalized spacial score (nSPS) is 23.7. The molecule has 2 unspecified atom stereocenters. The van der Waals surface area contributed by atoms with E-state index in [1.54, 1.807) is 22.4 Å². The first-order valence-corrected chi connectivity index (χ1v) is 7.16. The summed E-state index contributed by atoms with van der Waals surface area (Å²) >= 11 is 1.57. The number of carbonyl (C=O) groups excluding carboxylic acids is 1. The van der Waals surface area contributed by atoms with E-state index >= 15 is 0 Å². The van der Waals surface area contributed by atoms with Gasteiger partial charge in [0.1, 0.15) is 5.60 Å². The van der Waals surface area contributed by atoms with Crippen LogP contribution in [0.3, 0.4) is 0 Å². The molecule has 0 aliphatic carbocycles. The van der Waals surface area contributed by atoms with Crippen molar-refractivity contribution in [2.45, 2.75) is 45.3 Å². The molecule has 1 fully saturated rings. The number of amides is 1. The summed E-state index contributed by atoms with van der Waals surface area (Å²) in [7, 11) is 0. The standard InChI is InChI=1S/C13H20N2O3S/c1-8-14-5-11(19-8)9-6-15(7-10(9)16)12(17)18-13(2,3)4/h5,9-10,16H,6-7H2,1-4H3. The summed E-state index contributed by atoms with van der Waals surface area (Å²) in [5.41, 5.74) is -0.513. The average Bonchev–Trinajstić information content (AvgIpc) is 2.82. The summed E-state index contributed by atoms with van der Waals surface area (Å²) in [5, 5.41) is 11.1. The molecule has 106 valence electrons. The second-order valence-electron chi connectivity index (χ2n) is 5.84. The lowest BCUT2D eigenvalue weighted by Gasteiger charge is -2.24. The molecule has 0 bridgehead atoms. The number of β-amino-alcohol motifs (C(OH)–C–C–N with tert-alkyl or cyclic N) is 1. The van der Waals surface area contributed by atoms with Crippen LogP contribution < -0.4 is 0 Å². The molecule has 2 atom stereocenters. The Morgan fingerprint density at radius 3 is 2.74 bits per heavy atom. The lowest BCUT2D eigenvalue weighted by molar-refractivity contribution is 0.0270. The number of thiazole rings is 1. The smallest absolute Gasteiger partial charge is 0.410 e. The Balaban J connectivity index is 2.03. The first-order valence-electron chi connectivity index (χ1n) is 6.34. The lowest BCUT2D eigenvalue weighted by Crippen LogP contribution is -2.35. The van der Waals surface area contributed by atoms with Crippen LogP contribution in [0.4, 0.5) is 4.79 Å². The second-order valence-corrected chi connectivity index (χ2v) is 7.11. The molecule has 2 heterocycles. The number of nitrogens with zero attached hydrogens (tertiary/aromatic N) is 2. The number of aliphatic hydroxyl groups is 1. The van der Waals surface area contributed by atoms with Gasteiger partial charge in [-0.15, -0.1) is 11.3 Å². The summed E-state index contributed by atoms with van der Waals surface area (Å²) in [6.07, 6.45) is 0.870. The number of likely N-dealkylation sites (tertiary alicyclic amines) is 1. The average molecular weight is 284 g/mol. The summed E-state index contributed by atoms with van der Waals surface area (Å²) in [6, 6.07) is 0. The quantitative estimate of drug-likeness (QED) is 0.858. The Bertz CT molecular complexity index is 467. The monoisotopic (exact) mass is 284 g/mol. The number of carbonyl (C=O) groups is 1. The number of hydrogen-bond acceptors (Lipinski definition) is 5. The summed E-state index contributed by atoms with van der Waals surface area (Å²) in [4.78, 5) is 18.8. The molecule has 1 saturated heterocycles. The zero-order valence-corrected chi connectivity index (χ0v) is 12.5. The van der Waals surface area contributed by atoms with Crippen molar-refractivity contribution < 1.29 is 14.6 Å². The highest BCUT2D eigenvalue weighted by molar-refractivity contribution is 7.11. The van der Waals surface area contributed by atoms with Crippen LogP contribution in [0.1, 0.15) is 36.6 Å². The molecule has 6 heteroatoms. The molecule has 1 amide bonds. The van der Waals surface area contributed by atoms with Gasteiger partial charge < -0.3 is 14.7 Å². The molecule has 19 heavy (non-hydrogen) atoms. The molecule has 5 nitrogen and oxygen atoms in total. The van der Waals surface area contributed by atoms with Crippen molar-refractivity contribution in [2.75, 3.05) is 13.1 Å². The summed E-state index contributed by atoms with van der Waals surface area (Å²) < 4.78 is 5.32. The summed E-state index contributed by atoms with van der Waals surface area (Å²) in [5.74, 6) is -0.0567. The molecule has 1 aromatic heterocycles. The number of aromatic nitrogens is 1. The van der Waals surface area contributed by atoms with Crippen LogP contribution in [0.15, 0.2) is 6.20 Å². The lowest BCUT2D eigenvalue weighted by atomic mass is 10.1. The van der Waals surface area contributed by atoms with Gasteiger partial charge in [-0.3, -0.25) is 0 Å². The fourth-order valence-corrected chi connectivity index (χ4v) is 3.03. The molecule has 0 radical (unpaired) electrons. The van der Waals surface area contributed by atoms with Gasteiger partial charge in [-0.1, -0.05) is 0 Å². The van der Waals surface area contributed by atoms with E-state index in [-0.39, 0.29) is 12.0 Å². The van der Waals surface area contributed by atoms with Gasteiger partial charge in [-0.2, -0.15) is 0 Å². The van der Waals surface area contributed by atoms with Crippen LogP contribution in [-0.4, -0.2) is 45.9 Å². The van der Waals surface area contributed by atoms with Gasteiger partial charge in [-0.25, -0.2) is 9.78 Å². The highest BCUT2D eigenvalue weighted by Gasteiger charge is 2.37. The number of hydrogen-bond donors (Lipinski definition) is 1. The van der Waals surface area contributed by atoms with Crippen molar-refractivity contribution in [1.82, 2.24) is 9.88 Å². The number of aliphatic hydroxyl groups excluding tert-OH is 1. The van der Waals surface area contributed by atoms with Gasteiger partial charge in [0.05, 0.1) is 17.7 Å². The van der Waals surface area contributed by atoms with Gasteiger partial charge in [0, 0.05) is 23.5 Å². The Labute approximate surface area is 117 Å². The maximum Gasteiger partial charge on any atom is 0.410 e. The third-order valence-corrected chi connectivity index (χ3v) is 3.99. The van der Waals surface area contributed by atoms with Gasteiger partial charge in [-0.05, 0) is 27.7 Å². The number of rotatable bonds is 1. The molecule has 2 rings (SSSR count). The van der Waals surface area contributed by atoms with Crippen molar-refractivity contribution >= 4 is 17.4 Å². The highest BCUT2D eigenvalue weighted by Crippen LogP contribution is 2.31. The van der Waals surface area contributed by atoms with Crippen LogP contribution in [0.25, 0.3) is 0 Å². The fourth-order valence-electron chi connectivity index (χ4n) is 2.09. The Hall–Kier alpha value is -1.14. The van der Waals surface area contributed by atoms with Gasteiger partial charge in [0.15, 0.2) is 0 Å². The van der Waals surface area contributed by atoms with Crippen molar-refractivity contribution in [1.29, 1.82) is 0 Å². The van der Waals surface area contributed by atoms with Crippen molar-refractivity contribution in [2.24, 2.45) is 0 Å². The van der Waals surface area contributed by atoms with Crippen LogP contribution in [0, 0.1) is 6.92 Å². The van der Waals surface area contributed by atoms with E-state index in [9.17, 15) is 9.90 Å². The van der Waals surface area contributed by atoms with Gasteiger partial charge >= 0.3 is 6.09 Å². The zero-order chi connectivity index (χ0) is 14.2. The Morgan fingerprint density at radius 1 is 1.53 bits per heavy atom. The number of aryl methyl sites for hydroxylation is 1. The second kappa shape index (κ2) is 5.09. The minimum Gasteiger partial charge on any atom is -0.444 e. The number of ether oxygens (including phenoxy) is 1. The Morgan fingerprint density at radius 2 is 2.21 bits per heavy atom. The first-order chi connectivity index (χ1) is 8.76. The molecule has 0 saturated carbocycles. The van der Waals surface area contributed by atoms with E-state index in [4.69, 9.17) is 4.74 Å². The molecule has 1 aromatic rings. The fraction of sp³-hybridized carbons (Fsp3) is 0.692. The van der Waals surface area contributed by atoms with E-state index in [0.717, 1.165) is 9.88 Å². The molecule has 1 aliphatic heterocycles. The van der Waals surface area contributed by atoms with Crippen LogP contribution in [0.2, 0.25) is 0 Å². The predicted molar refractivity (Wildman–Crippen MR) is 73.4 cm³/mol. The minimum atomic E-state index is -0.549. The maximum absolute atomic E-state index is 12.0. The van der Waals surface area contributed by atoms with E-state index in [1.807, 2.05) is 27.7 Å².